The minimum atomic E-state index is 0.291. The van der Waals surface area contributed by atoms with Gasteiger partial charge in [0.2, 0.25) is 6.41 Å². The SMILES string of the molecule is O=CNNC(=S)Nc1cccc(Cl)c1. The number of carbonyl (C=O) groups is 1. The summed E-state index contributed by atoms with van der Waals surface area (Å²) < 4.78 is 0. The third-order valence-electron chi connectivity index (χ3n) is 1.33. The van der Waals surface area contributed by atoms with Crippen LogP contribution in [-0.4, -0.2) is 11.5 Å². The predicted molar refractivity (Wildman–Crippen MR) is 60.0 cm³/mol. The van der Waals surface area contributed by atoms with Crippen molar-refractivity contribution in [2.24, 2.45) is 0 Å². The van der Waals surface area contributed by atoms with Crippen LogP contribution in [0, 0.1) is 0 Å². The fourth-order valence-corrected chi connectivity index (χ4v) is 1.19. The number of hydrogen-bond donors (Lipinski definition) is 3. The minimum absolute atomic E-state index is 0.291. The highest BCUT2D eigenvalue weighted by molar-refractivity contribution is 7.80. The maximum atomic E-state index is 9.93. The normalized spacial score (nSPS) is 8.93. The number of rotatable bonds is 3. The maximum absolute atomic E-state index is 9.93. The van der Waals surface area contributed by atoms with Gasteiger partial charge in [-0.15, -0.1) is 0 Å². The molecule has 0 aromatic heterocycles. The van der Waals surface area contributed by atoms with E-state index < -0.39 is 0 Å². The second-order valence-corrected chi connectivity index (χ2v) is 3.20. The molecule has 1 rings (SSSR count). The summed E-state index contributed by atoms with van der Waals surface area (Å²) in [5.41, 5.74) is 5.43. The average molecular weight is 230 g/mol. The van der Waals surface area contributed by atoms with E-state index in [-0.39, 0.29) is 0 Å². The Morgan fingerprint density at radius 2 is 2.29 bits per heavy atom. The fourth-order valence-electron chi connectivity index (χ4n) is 0.824. The molecular weight excluding hydrogens is 222 g/mol. The van der Waals surface area contributed by atoms with E-state index in [9.17, 15) is 4.79 Å². The average Bonchev–Trinajstić information content (AvgIpc) is 2.15. The quantitative estimate of drug-likeness (QED) is 0.415. The maximum Gasteiger partial charge on any atom is 0.225 e. The van der Waals surface area contributed by atoms with Crippen molar-refractivity contribution < 1.29 is 4.79 Å². The highest BCUT2D eigenvalue weighted by Crippen LogP contribution is 2.14. The number of amides is 1. The Bertz CT molecular complexity index is 345. The third-order valence-corrected chi connectivity index (χ3v) is 1.77. The van der Waals surface area contributed by atoms with E-state index in [2.05, 4.69) is 16.2 Å². The van der Waals surface area contributed by atoms with E-state index in [1.807, 2.05) is 0 Å². The molecular formula is C8H8ClN3OS. The lowest BCUT2D eigenvalue weighted by molar-refractivity contribution is -0.110. The summed E-state index contributed by atoms with van der Waals surface area (Å²) >= 11 is 10.6. The van der Waals surface area contributed by atoms with Gasteiger partial charge in [-0.25, -0.2) is 0 Å². The highest BCUT2D eigenvalue weighted by Gasteiger charge is 1.96. The number of thiocarbonyl (C=S) groups is 1. The molecule has 0 radical (unpaired) electrons. The van der Waals surface area contributed by atoms with Gasteiger partial charge in [-0.3, -0.25) is 15.6 Å². The second-order valence-electron chi connectivity index (χ2n) is 2.35. The molecule has 0 spiro atoms. The molecule has 0 atom stereocenters. The molecule has 6 heteroatoms. The molecule has 0 heterocycles. The van der Waals surface area contributed by atoms with Crippen molar-refractivity contribution in [1.29, 1.82) is 0 Å². The summed E-state index contributed by atoms with van der Waals surface area (Å²) in [6.07, 6.45) is 0.492. The van der Waals surface area contributed by atoms with Crippen molar-refractivity contribution in [3.63, 3.8) is 0 Å². The summed E-state index contributed by atoms with van der Waals surface area (Å²) in [5, 5.41) is 3.74. The Balaban J connectivity index is 2.51. The molecule has 0 saturated heterocycles. The lowest BCUT2D eigenvalue weighted by Crippen LogP contribution is -2.39. The van der Waals surface area contributed by atoms with Gasteiger partial charge in [0.05, 0.1) is 0 Å². The third kappa shape index (κ3) is 3.59. The number of nitrogens with one attached hydrogen (secondary N) is 3. The molecule has 3 N–H and O–H groups in total. The van der Waals surface area contributed by atoms with Crippen molar-refractivity contribution in [1.82, 2.24) is 10.9 Å². The van der Waals surface area contributed by atoms with Crippen LogP contribution in [-0.2, 0) is 4.79 Å². The number of benzene rings is 1. The summed E-state index contributed by atoms with van der Waals surface area (Å²) in [6, 6.07) is 7.07. The predicted octanol–water partition coefficient (Wildman–Crippen LogP) is 1.29. The topological polar surface area (TPSA) is 53.2 Å². The number of halogens is 1. The number of hydrazine groups is 1. The summed E-state index contributed by atoms with van der Waals surface area (Å²) in [7, 11) is 0. The van der Waals surface area contributed by atoms with Gasteiger partial charge in [-0.05, 0) is 30.4 Å². The van der Waals surface area contributed by atoms with Crippen LogP contribution in [0.4, 0.5) is 5.69 Å². The standard InChI is InChI=1S/C8H8ClN3OS/c9-6-2-1-3-7(4-6)11-8(14)12-10-5-13/h1-5H,(H,10,13)(H2,11,12,14). The zero-order chi connectivity index (χ0) is 10.4. The van der Waals surface area contributed by atoms with Gasteiger partial charge in [-0.1, -0.05) is 17.7 Å². The molecule has 4 nitrogen and oxygen atoms in total. The lowest BCUT2D eigenvalue weighted by Gasteiger charge is -2.08. The van der Waals surface area contributed by atoms with E-state index in [1.165, 1.54) is 0 Å². The Morgan fingerprint density at radius 3 is 2.93 bits per heavy atom. The van der Waals surface area contributed by atoms with Crippen LogP contribution in [0.3, 0.4) is 0 Å². The first-order valence-electron chi connectivity index (χ1n) is 3.74. The zero-order valence-electron chi connectivity index (χ0n) is 7.08. The second kappa shape index (κ2) is 5.41. The van der Waals surface area contributed by atoms with Crippen molar-refractivity contribution in [2.45, 2.75) is 0 Å². The van der Waals surface area contributed by atoms with Crippen molar-refractivity contribution in [3.8, 4) is 0 Å². The van der Waals surface area contributed by atoms with Gasteiger partial charge in [0.15, 0.2) is 5.11 Å². The molecule has 0 bridgehead atoms. The van der Waals surface area contributed by atoms with Crippen molar-refractivity contribution >= 4 is 41.0 Å². The van der Waals surface area contributed by atoms with E-state index in [0.29, 0.717) is 16.5 Å². The molecule has 0 saturated carbocycles. The number of hydrogen-bond acceptors (Lipinski definition) is 2. The molecule has 0 aliphatic carbocycles. The van der Waals surface area contributed by atoms with Crippen molar-refractivity contribution in [2.75, 3.05) is 5.32 Å². The Kier molecular flexibility index (Phi) is 4.15. The van der Waals surface area contributed by atoms with E-state index >= 15 is 0 Å². The molecule has 14 heavy (non-hydrogen) atoms. The van der Waals surface area contributed by atoms with Crippen LogP contribution < -0.4 is 16.2 Å². The zero-order valence-corrected chi connectivity index (χ0v) is 8.65. The van der Waals surface area contributed by atoms with Gasteiger partial charge >= 0.3 is 0 Å². The molecule has 0 fully saturated rings. The largest absolute Gasteiger partial charge is 0.331 e. The Morgan fingerprint density at radius 1 is 1.50 bits per heavy atom. The Hall–Kier alpha value is -1.33. The van der Waals surface area contributed by atoms with E-state index in [0.717, 1.165) is 5.69 Å². The summed E-state index contributed by atoms with van der Waals surface area (Å²) in [5.74, 6) is 0. The van der Waals surface area contributed by atoms with E-state index in [1.54, 1.807) is 24.3 Å². The van der Waals surface area contributed by atoms with Crippen LogP contribution in [0.25, 0.3) is 0 Å². The molecule has 1 amide bonds. The first-order chi connectivity index (χ1) is 6.72. The van der Waals surface area contributed by atoms with E-state index in [4.69, 9.17) is 23.8 Å². The van der Waals surface area contributed by atoms with Crippen LogP contribution in [0.1, 0.15) is 0 Å². The van der Waals surface area contributed by atoms with Crippen molar-refractivity contribution in [3.05, 3.63) is 29.3 Å². The van der Waals surface area contributed by atoms with Crippen LogP contribution in [0.5, 0.6) is 0 Å². The summed E-state index contributed by atoms with van der Waals surface area (Å²) in [4.78, 5) is 9.93. The summed E-state index contributed by atoms with van der Waals surface area (Å²) in [6.45, 7) is 0. The molecule has 0 aliphatic heterocycles. The first kappa shape index (κ1) is 10.7. The molecule has 74 valence electrons. The number of anilines is 1. The molecule has 0 unspecified atom stereocenters. The van der Waals surface area contributed by atoms with Crippen LogP contribution >= 0.6 is 23.8 Å². The fraction of sp³-hybridized carbons (Fsp3) is 0. The van der Waals surface area contributed by atoms with Crippen LogP contribution in [0.15, 0.2) is 24.3 Å². The minimum Gasteiger partial charge on any atom is -0.331 e. The molecule has 1 aromatic carbocycles. The van der Waals surface area contributed by atoms with Gasteiger partial charge in [0.1, 0.15) is 0 Å². The lowest BCUT2D eigenvalue weighted by atomic mass is 10.3. The number of carbonyl (C=O) groups excluding carboxylic acids is 1. The molecule has 0 aliphatic rings. The Labute approximate surface area is 91.6 Å². The van der Waals surface area contributed by atoms with Crippen LogP contribution in [0.2, 0.25) is 5.02 Å². The van der Waals surface area contributed by atoms with Gasteiger partial charge < -0.3 is 5.32 Å². The van der Waals surface area contributed by atoms with Gasteiger partial charge in [0, 0.05) is 10.7 Å². The smallest absolute Gasteiger partial charge is 0.225 e. The molecule has 1 aromatic rings. The van der Waals surface area contributed by atoms with Gasteiger partial charge in [-0.2, -0.15) is 0 Å². The first-order valence-corrected chi connectivity index (χ1v) is 4.53. The highest BCUT2D eigenvalue weighted by atomic mass is 35.5. The monoisotopic (exact) mass is 229 g/mol. The van der Waals surface area contributed by atoms with Gasteiger partial charge in [0.25, 0.3) is 0 Å².